The first kappa shape index (κ1) is 14.6. The minimum atomic E-state index is 0.894. The van der Waals surface area contributed by atoms with Crippen LogP contribution in [0.25, 0.3) is 0 Å². The van der Waals surface area contributed by atoms with Gasteiger partial charge in [0.2, 0.25) is 0 Å². The fraction of sp³-hybridized carbons (Fsp3) is 0.375. The van der Waals surface area contributed by atoms with Gasteiger partial charge in [0.15, 0.2) is 0 Å². The molecule has 2 aromatic rings. The Morgan fingerprint density at radius 1 is 1.16 bits per heavy atom. The van der Waals surface area contributed by atoms with E-state index in [0.29, 0.717) is 0 Å². The number of halogens is 1. The molecule has 3 heteroatoms. The zero-order chi connectivity index (χ0) is 13.5. The van der Waals surface area contributed by atoms with Crippen molar-refractivity contribution in [3.8, 4) is 0 Å². The van der Waals surface area contributed by atoms with Crippen LogP contribution in [0.3, 0.4) is 0 Å². The molecule has 1 aromatic heterocycles. The van der Waals surface area contributed by atoms with Gasteiger partial charge in [0.25, 0.3) is 0 Å². The van der Waals surface area contributed by atoms with Crippen molar-refractivity contribution in [2.45, 2.75) is 39.2 Å². The average molecular weight is 338 g/mol. The molecule has 0 bridgehead atoms. The minimum absolute atomic E-state index is 0.894. The number of aryl methyl sites for hydroxylation is 1. The molecule has 102 valence electrons. The summed E-state index contributed by atoms with van der Waals surface area (Å²) in [6.45, 7) is 3.14. The summed E-state index contributed by atoms with van der Waals surface area (Å²) in [4.78, 5) is 1.35. The molecule has 0 atom stereocenters. The van der Waals surface area contributed by atoms with E-state index < -0.39 is 0 Å². The molecule has 1 N–H and O–H groups in total. The van der Waals surface area contributed by atoms with E-state index in [1.165, 1.54) is 46.3 Å². The molecule has 0 unspecified atom stereocenters. The Labute approximate surface area is 128 Å². The maximum absolute atomic E-state index is 3.48. The van der Waals surface area contributed by atoms with Crippen LogP contribution in [0.4, 0.5) is 5.69 Å². The SMILES string of the molecule is CCCCCc1ccc(NCc2cc(Br)cs2)cc1. The predicted octanol–water partition coefficient (Wildman–Crippen LogP) is 5.86. The van der Waals surface area contributed by atoms with Gasteiger partial charge in [-0.1, -0.05) is 31.9 Å². The molecule has 0 fully saturated rings. The fourth-order valence-electron chi connectivity index (χ4n) is 2.00. The molecule has 1 heterocycles. The van der Waals surface area contributed by atoms with Crippen molar-refractivity contribution in [2.75, 3.05) is 5.32 Å². The second-order valence-corrected chi connectivity index (χ2v) is 6.65. The summed E-state index contributed by atoms with van der Waals surface area (Å²) in [7, 11) is 0. The van der Waals surface area contributed by atoms with Gasteiger partial charge in [-0.25, -0.2) is 0 Å². The third-order valence-electron chi connectivity index (χ3n) is 3.11. The topological polar surface area (TPSA) is 12.0 Å². The van der Waals surface area contributed by atoms with E-state index in [0.717, 1.165) is 6.54 Å². The minimum Gasteiger partial charge on any atom is -0.380 e. The largest absolute Gasteiger partial charge is 0.380 e. The van der Waals surface area contributed by atoms with E-state index in [4.69, 9.17) is 0 Å². The van der Waals surface area contributed by atoms with Crippen molar-refractivity contribution in [2.24, 2.45) is 0 Å². The van der Waals surface area contributed by atoms with Gasteiger partial charge in [-0.05, 0) is 52.5 Å². The Morgan fingerprint density at radius 2 is 1.95 bits per heavy atom. The highest BCUT2D eigenvalue weighted by Gasteiger charge is 1.98. The highest BCUT2D eigenvalue weighted by atomic mass is 79.9. The summed E-state index contributed by atoms with van der Waals surface area (Å²) < 4.78 is 1.17. The number of hydrogen-bond acceptors (Lipinski definition) is 2. The molecule has 1 nitrogen and oxygen atoms in total. The molecule has 0 radical (unpaired) electrons. The molecule has 0 aliphatic rings. The van der Waals surface area contributed by atoms with Gasteiger partial charge in [-0.15, -0.1) is 11.3 Å². The van der Waals surface area contributed by atoms with Crippen LogP contribution in [-0.2, 0) is 13.0 Å². The van der Waals surface area contributed by atoms with Crippen LogP contribution in [0, 0.1) is 0 Å². The van der Waals surface area contributed by atoms with E-state index >= 15 is 0 Å². The molecular formula is C16H20BrNS. The average Bonchev–Trinajstić information content (AvgIpc) is 2.84. The molecule has 19 heavy (non-hydrogen) atoms. The van der Waals surface area contributed by atoms with Crippen LogP contribution in [0.2, 0.25) is 0 Å². The van der Waals surface area contributed by atoms with Gasteiger partial charge >= 0.3 is 0 Å². The van der Waals surface area contributed by atoms with E-state index in [2.05, 4.69) is 63.9 Å². The van der Waals surface area contributed by atoms with Gasteiger partial charge in [0, 0.05) is 27.0 Å². The number of hydrogen-bond donors (Lipinski definition) is 1. The fourth-order valence-corrected chi connectivity index (χ4v) is 3.39. The molecule has 0 saturated carbocycles. The summed E-state index contributed by atoms with van der Waals surface area (Å²) in [5.74, 6) is 0. The van der Waals surface area contributed by atoms with Gasteiger partial charge in [0.05, 0.1) is 0 Å². The Morgan fingerprint density at radius 3 is 2.58 bits per heavy atom. The number of nitrogens with one attached hydrogen (secondary N) is 1. The van der Waals surface area contributed by atoms with Gasteiger partial charge < -0.3 is 5.32 Å². The number of unbranched alkanes of at least 4 members (excludes halogenated alkanes) is 2. The zero-order valence-corrected chi connectivity index (χ0v) is 13.7. The summed E-state index contributed by atoms with van der Waals surface area (Å²) in [6, 6.07) is 11.0. The Hall–Kier alpha value is -0.800. The molecular weight excluding hydrogens is 318 g/mol. The van der Waals surface area contributed by atoms with Crippen LogP contribution in [-0.4, -0.2) is 0 Å². The predicted molar refractivity (Wildman–Crippen MR) is 89.0 cm³/mol. The van der Waals surface area contributed by atoms with Crippen LogP contribution < -0.4 is 5.32 Å². The highest BCUT2D eigenvalue weighted by Crippen LogP contribution is 2.21. The van der Waals surface area contributed by atoms with Crippen molar-refractivity contribution >= 4 is 33.0 Å². The zero-order valence-electron chi connectivity index (χ0n) is 11.3. The quantitative estimate of drug-likeness (QED) is 0.624. The maximum atomic E-state index is 3.48. The number of benzene rings is 1. The Kier molecular flexibility index (Phi) is 5.93. The molecule has 0 aliphatic heterocycles. The third-order valence-corrected chi connectivity index (χ3v) is 4.81. The lowest BCUT2D eigenvalue weighted by Crippen LogP contribution is -1.97. The Balaban J connectivity index is 1.81. The van der Waals surface area contributed by atoms with Gasteiger partial charge in [-0.3, -0.25) is 0 Å². The maximum Gasteiger partial charge on any atom is 0.0494 e. The number of rotatable bonds is 7. The lowest BCUT2D eigenvalue weighted by Gasteiger charge is -2.06. The molecule has 1 aromatic carbocycles. The normalized spacial score (nSPS) is 10.6. The summed E-state index contributed by atoms with van der Waals surface area (Å²) in [5.41, 5.74) is 2.64. The first-order valence-corrected chi connectivity index (χ1v) is 8.51. The summed E-state index contributed by atoms with van der Waals surface area (Å²) >= 11 is 5.26. The molecule has 0 aliphatic carbocycles. The first-order valence-electron chi connectivity index (χ1n) is 6.83. The first-order chi connectivity index (χ1) is 9.28. The monoisotopic (exact) mass is 337 g/mol. The van der Waals surface area contributed by atoms with E-state index in [1.54, 1.807) is 11.3 Å². The van der Waals surface area contributed by atoms with Crippen molar-refractivity contribution in [1.29, 1.82) is 0 Å². The van der Waals surface area contributed by atoms with Gasteiger partial charge in [0.1, 0.15) is 0 Å². The molecule has 0 spiro atoms. The van der Waals surface area contributed by atoms with Crippen molar-refractivity contribution < 1.29 is 0 Å². The highest BCUT2D eigenvalue weighted by molar-refractivity contribution is 9.10. The summed E-state index contributed by atoms with van der Waals surface area (Å²) in [6.07, 6.45) is 5.11. The van der Waals surface area contributed by atoms with Crippen molar-refractivity contribution in [1.82, 2.24) is 0 Å². The second-order valence-electron chi connectivity index (χ2n) is 4.74. The summed E-state index contributed by atoms with van der Waals surface area (Å²) in [5, 5.41) is 5.58. The molecule has 0 saturated heterocycles. The van der Waals surface area contributed by atoms with Gasteiger partial charge in [-0.2, -0.15) is 0 Å². The number of thiophene rings is 1. The smallest absolute Gasteiger partial charge is 0.0494 e. The van der Waals surface area contributed by atoms with E-state index in [9.17, 15) is 0 Å². The molecule has 0 amide bonds. The molecule has 2 rings (SSSR count). The van der Waals surface area contributed by atoms with Crippen LogP contribution in [0.1, 0.15) is 36.6 Å². The Bertz CT molecular complexity index is 490. The lowest BCUT2D eigenvalue weighted by molar-refractivity contribution is 0.717. The standard InChI is InChI=1S/C16H20BrNS/c1-2-3-4-5-13-6-8-15(9-7-13)18-11-16-10-14(17)12-19-16/h6-10,12,18H,2-5,11H2,1H3. The van der Waals surface area contributed by atoms with Crippen molar-refractivity contribution in [3.05, 3.63) is 50.6 Å². The van der Waals surface area contributed by atoms with Crippen molar-refractivity contribution in [3.63, 3.8) is 0 Å². The lowest BCUT2D eigenvalue weighted by atomic mass is 10.1. The number of anilines is 1. The van der Waals surface area contributed by atoms with Crippen LogP contribution >= 0.6 is 27.3 Å². The second kappa shape index (κ2) is 7.71. The van der Waals surface area contributed by atoms with E-state index in [1.807, 2.05) is 0 Å². The third kappa shape index (κ3) is 5.00. The van der Waals surface area contributed by atoms with Crippen LogP contribution in [0.15, 0.2) is 40.2 Å². The van der Waals surface area contributed by atoms with E-state index in [-0.39, 0.29) is 0 Å². The van der Waals surface area contributed by atoms with Crippen LogP contribution in [0.5, 0.6) is 0 Å².